The summed E-state index contributed by atoms with van der Waals surface area (Å²) in [6.07, 6.45) is 2.27. The molecule has 1 unspecified atom stereocenters. The second kappa shape index (κ2) is 6.16. The summed E-state index contributed by atoms with van der Waals surface area (Å²) in [6, 6.07) is 0. The minimum Gasteiger partial charge on any atom is -0.349 e. The zero-order chi connectivity index (χ0) is 12.1. The Morgan fingerprint density at radius 2 is 1.60 bits per heavy atom. The van der Waals surface area contributed by atoms with Gasteiger partial charge in [-0.05, 0) is 6.42 Å². The van der Waals surface area contributed by atoms with Crippen molar-refractivity contribution >= 4 is 13.3 Å². The molecule has 0 N–H and O–H groups in total. The predicted octanol–water partition coefficient (Wildman–Crippen LogP) is 2.17. The first-order chi connectivity index (χ1) is 6.86. The Morgan fingerprint density at radius 3 is 1.87 bits per heavy atom. The van der Waals surface area contributed by atoms with Gasteiger partial charge in [0, 0.05) is 40.5 Å². The fourth-order valence-electron chi connectivity index (χ4n) is 1.37. The molecule has 5 heteroatoms. The van der Waals surface area contributed by atoms with Crippen molar-refractivity contribution in [2.75, 3.05) is 40.5 Å². The molecule has 0 radical (unpaired) electrons. The van der Waals surface area contributed by atoms with Gasteiger partial charge in [0.2, 0.25) is 5.96 Å². The molecule has 0 rings (SSSR count). The fourth-order valence-corrected chi connectivity index (χ4v) is 3.31. The number of hydrogen-bond donors (Lipinski definition) is 0. The molecule has 0 aromatic heterocycles. The number of rotatable bonds is 4. The standard InChI is InChI=1S/C10H24N3OP/c1-7-9-15(14,8-2)11-10(12(3)4)13(5)6/h7-9H2,1-6H3. The van der Waals surface area contributed by atoms with Gasteiger partial charge in [0.05, 0.1) is 0 Å². The van der Waals surface area contributed by atoms with Crippen molar-refractivity contribution in [2.45, 2.75) is 20.3 Å². The van der Waals surface area contributed by atoms with E-state index in [2.05, 4.69) is 4.76 Å². The van der Waals surface area contributed by atoms with Crippen molar-refractivity contribution < 1.29 is 4.57 Å². The molecule has 0 aromatic rings. The summed E-state index contributed by atoms with van der Waals surface area (Å²) in [4.78, 5) is 3.80. The topological polar surface area (TPSA) is 35.9 Å². The molecule has 0 aromatic carbocycles. The van der Waals surface area contributed by atoms with Crippen LogP contribution in [0, 0.1) is 0 Å². The first-order valence-electron chi connectivity index (χ1n) is 5.39. The third-order valence-electron chi connectivity index (χ3n) is 2.14. The molecule has 0 aliphatic heterocycles. The largest absolute Gasteiger partial charge is 0.349 e. The van der Waals surface area contributed by atoms with E-state index in [4.69, 9.17) is 0 Å². The number of nitrogens with zero attached hydrogens (tertiary/aromatic N) is 3. The van der Waals surface area contributed by atoms with Gasteiger partial charge in [-0.3, -0.25) is 4.57 Å². The maximum Gasteiger partial charge on any atom is 0.202 e. The average molecular weight is 233 g/mol. The lowest BCUT2D eigenvalue weighted by atomic mass is 10.6. The van der Waals surface area contributed by atoms with E-state index in [1.165, 1.54) is 0 Å². The SMILES string of the molecule is CCCP(=O)(CC)N=C(N(C)C)N(C)C. The molecule has 1 atom stereocenters. The van der Waals surface area contributed by atoms with Crippen LogP contribution in [-0.4, -0.2) is 56.3 Å². The fraction of sp³-hybridized carbons (Fsp3) is 0.900. The monoisotopic (exact) mass is 233 g/mol. The van der Waals surface area contributed by atoms with Crippen LogP contribution in [0.2, 0.25) is 0 Å². The van der Waals surface area contributed by atoms with E-state index in [9.17, 15) is 4.57 Å². The van der Waals surface area contributed by atoms with Crippen molar-refractivity contribution in [1.29, 1.82) is 0 Å². The molecule has 0 heterocycles. The summed E-state index contributed by atoms with van der Waals surface area (Å²) in [7, 11) is 5.33. The highest BCUT2D eigenvalue weighted by molar-refractivity contribution is 7.62. The summed E-state index contributed by atoms with van der Waals surface area (Å²) >= 11 is 0. The van der Waals surface area contributed by atoms with E-state index in [1.54, 1.807) is 0 Å². The summed E-state index contributed by atoms with van der Waals surface area (Å²) in [5, 5.41) is 0. The molecule has 0 bridgehead atoms. The number of hydrogen-bond acceptors (Lipinski definition) is 1. The summed E-state index contributed by atoms with van der Waals surface area (Å²) in [5.74, 6) is 0.786. The van der Waals surface area contributed by atoms with Crippen LogP contribution in [0.1, 0.15) is 20.3 Å². The van der Waals surface area contributed by atoms with Gasteiger partial charge in [-0.25, -0.2) is 0 Å². The highest BCUT2D eigenvalue weighted by Crippen LogP contribution is 2.47. The second-order valence-corrected chi connectivity index (χ2v) is 7.05. The van der Waals surface area contributed by atoms with Gasteiger partial charge in [0.15, 0.2) is 7.29 Å². The first-order valence-corrected chi connectivity index (χ1v) is 7.42. The molecule has 0 aliphatic carbocycles. The third-order valence-corrected chi connectivity index (χ3v) is 4.82. The average Bonchev–Trinajstić information content (AvgIpc) is 2.14. The van der Waals surface area contributed by atoms with Crippen LogP contribution in [0.3, 0.4) is 0 Å². The van der Waals surface area contributed by atoms with Gasteiger partial charge in [-0.15, -0.1) is 0 Å². The highest BCUT2D eigenvalue weighted by Gasteiger charge is 2.19. The summed E-state index contributed by atoms with van der Waals surface area (Å²) in [5.41, 5.74) is 0. The van der Waals surface area contributed by atoms with Gasteiger partial charge in [0.1, 0.15) is 0 Å². The normalized spacial score (nSPS) is 14.3. The van der Waals surface area contributed by atoms with Crippen LogP contribution in [0.15, 0.2) is 4.76 Å². The van der Waals surface area contributed by atoms with E-state index < -0.39 is 7.29 Å². The van der Waals surface area contributed by atoms with E-state index >= 15 is 0 Å². The zero-order valence-corrected chi connectivity index (χ0v) is 11.7. The van der Waals surface area contributed by atoms with Gasteiger partial charge in [0.25, 0.3) is 0 Å². The number of guanidine groups is 1. The molecule has 90 valence electrons. The Balaban J connectivity index is 5.00. The van der Waals surface area contributed by atoms with Crippen LogP contribution >= 0.6 is 7.29 Å². The maximum atomic E-state index is 12.4. The molecule has 15 heavy (non-hydrogen) atoms. The third kappa shape index (κ3) is 4.70. The minimum atomic E-state index is -2.36. The van der Waals surface area contributed by atoms with Crippen molar-refractivity contribution in [3.05, 3.63) is 0 Å². The Labute approximate surface area is 93.8 Å². The van der Waals surface area contributed by atoms with E-state index in [1.807, 2.05) is 51.8 Å². The smallest absolute Gasteiger partial charge is 0.202 e. The van der Waals surface area contributed by atoms with Gasteiger partial charge >= 0.3 is 0 Å². The molecule has 0 fully saturated rings. The Bertz CT molecular complexity index is 251. The highest BCUT2D eigenvalue weighted by atomic mass is 31.2. The summed E-state index contributed by atoms with van der Waals surface area (Å²) < 4.78 is 16.8. The van der Waals surface area contributed by atoms with E-state index in [0.717, 1.165) is 12.4 Å². The zero-order valence-electron chi connectivity index (χ0n) is 10.8. The van der Waals surface area contributed by atoms with Crippen LogP contribution in [0.25, 0.3) is 0 Å². The molecule has 0 saturated heterocycles. The lowest BCUT2D eigenvalue weighted by molar-refractivity contribution is 0.484. The van der Waals surface area contributed by atoms with E-state index in [0.29, 0.717) is 12.3 Å². The van der Waals surface area contributed by atoms with Crippen molar-refractivity contribution in [3.8, 4) is 0 Å². The van der Waals surface area contributed by atoms with Crippen molar-refractivity contribution in [3.63, 3.8) is 0 Å². The van der Waals surface area contributed by atoms with Crippen molar-refractivity contribution in [1.82, 2.24) is 9.80 Å². The van der Waals surface area contributed by atoms with Gasteiger partial charge < -0.3 is 9.80 Å². The van der Waals surface area contributed by atoms with Crippen molar-refractivity contribution in [2.24, 2.45) is 4.76 Å². The Hall–Kier alpha value is -0.500. The maximum absolute atomic E-state index is 12.4. The lowest BCUT2D eigenvalue weighted by Crippen LogP contribution is -2.35. The molecule has 0 spiro atoms. The van der Waals surface area contributed by atoms with Crippen LogP contribution in [-0.2, 0) is 4.57 Å². The first kappa shape index (κ1) is 14.5. The minimum absolute atomic E-state index is 0.645. The summed E-state index contributed by atoms with van der Waals surface area (Å²) in [6.45, 7) is 3.99. The molecular weight excluding hydrogens is 209 g/mol. The second-order valence-electron chi connectivity index (χ2n) is 4.07. The predicted molar refractivity (Wildman–Crippen MR) is 68.1 cm³/mol. The van der Waals surface area contributed by atoms with Gasteiger partial charge in [-0.1, -0.05) is 13.8 Å². The van der Waals surface area contributed by atoms with Crippen LogP contribution < -0.4 is 0 Å². The quantitative estimate of drug-likeness (QED) is 0.424. The van der Waals surface area contributed by atoms with Crippen LogP contribution in [0.4, 0.5) is 0 Å². The van der Waals surface area contributed by atoms with E-state index in [-0.39, 0.29) is 0 Å². The molecule has 0 aliphatic rings. The molecular formula is C10H24N3OP. The molecule has 4 nitrogen and oxygen atoms in total. The molecule has 0 saturated carbocycles. The Kier molecular flexibility index (Phi) is 5.96. The Morgan fingerprint density at radius 1 is 1.13 bits per heavy atom. The van der Waals surface area contributed by atoms with Gasteiger partial charge in [-0.2, -0.15) is 4.76 Å². The lowest BCUT2D eigenvalue weighted by Gasteiger charge is -2.24. The van der Waals surface area contributed by atoms with Crippen LogP contribution in [0.5, 0.6) is 0 Å². The molecule has 0 amide bonds.